The summed E-state index contributed by atoms with van der Waals surface area (Å²) >= 11 is 8.57. The molecule has 1 nitrogen and oxygen atoms in total. The molecular weight excluding hydrogens is 697 g/mol. The van der Waals surface area contributed by atoms with Gasteiger partial charge >= 0.3 is 0 Å². The first kappa shape index (κ1) is 42.0. The van der Waals surface area contributed by atoms with Crippen LogP contribution >= 0.6 is 47.0 Å². The molecule has 0 amide bonds. The largest absolute Gasteiger partial charge is 0.385 e. The van der Waals surface area contributed by atoms with Gasteiger partial charge in [-0.3, -0.25) is 0 Å². The van der Waals surface area contributed by atoms with E-state index in [0.29, 0.717) is 11.2 Å². The Morgan fingerprint density at radius 3 is 1.61 bits per heavy atom. The van der Waals surface area contributed by atoms with E-state index < -0.39 is 0 Å². The SMILES string of the molecule is CCCCCCC(CCSCc1ccccc1)SCc1ccc(C(CCCCOC)C(CCSCc2ccccc2)SCc2ccccc2)cc1. The third kappa shape index (κ3) is 17.7. The molecule has 0 radical (unpaired) electrons. The van der Waals surface area contributed by atoms with Crippen molar-refractivity contribution in [1.82, 2.24) is 0 Å². The minimum Gasteiger partial charge on any atom is -0.385 e. The fourth-order valence-electron chi connectivity index (χ4n) is 6.48. The third-order valence-electron chi connectivity index (χ3n) is 9.50. The van der Waals surface area contributed by atoms with Crippen molar-refractivity contribution in [3.8, 4) is 0 Å². The third-order valence-corrected chi connectivity index (χ3v) is 14.6. The first-order chi connectivity index (χ1) is 25.2. The lowest BCUT2D eigenvalue weighted by molar-refractivity contribution is 0.191. The van der Waals surface area contributed by atoms with E-state index in [0.717, 1.165) is 41.3 Å². The Morgan fingerprint density at radius 2 is 1.02 bits per heavy atom. The van der Waals surface area contributed by atoms with E-state index in [1.807, 2.05) is 7.11 Å². The van der Waals surface area contributed by atoms with Crippen LogP contribution in [0.2, 0.25) is 0 Å². The highest BCUT2D eigenvalue weighted by Gasteiger charge is 2.24. The quantitative estimate of drug-likeness (QED) is 0.0532. The summed E-state index contributed by atoms with van der Waals surface area (Å²) in [5, 5.41) is 1.32. The van der Waals surface area contributed by atoms with Gasteiger partial charge in [-0.2, -0.15) is 47.0 Å². The van der Waals surface area contributed by atoms with Gasteiger partial charge < -0.3 is 4.74 Å². The summed E-state index contributed by atoms with van der Waals surface area (Å²) in [7, 11) is 1.83. The van der Waals surface area contributed by atoms with Gasteiger partial charge in [-0.25, -0.2) is 0 Å². The number of hydrogen-bond acceptors (Lipinski definition) is 5. The van der Waals surface area contributed by atoms with Gasteiger partial charge in [0.25, 0.3) is 0 Å². The van der Waals surface area contributed by atoms with E-state index in [9.17, 15) is 0 Å². The van der Waals surface area contributed by atoms with Crippen LogP contribution in [-0.2, 0) is 27.7 Å². The van der Waals surface area contributed by atoms with Gasteiger partial charge in [-0.1, -0.05) is 154 Å². The molecule has 0 heterocycles. The maximum absolute atomic E-state index is 5.45. The van der Waals surface area contributed by atoms with E-state index in [1.165, 1.54) is 97.1 Å². The fraction of sp³-hybridized carbons (Fsp3) is 0.478. The molecule has 0 saturated heterocycles. The van der Waals surface area contributed by atoms with Crippen molar-refractivity contribution in [1.29, 1.82) is 0 Å². The molecule has 51 heavy (non-hydrogen) atoms. The summed E-state index contributed by atoms with van der Waals surface area (Å²) < 4.78 is 5.45. The molecule has 5 heteroatoms. The van der Waals surface area contributed by atoms with Crippen molar-refractivity contribution in [3.05, 3.63) is 143 Å². The molecule has 0 aliphatic heterocycles. The van der Waals surface area contributed by atoms with Gasteiger partial charge in [0.05, 0.1) is 0 Å². The summed E-state index contributed by atoms with van der Waals surface area (Å²) in [4.78, 5) is 0. The summed E-state index contributed by atoms with van der Waals surface area (Å²) in [6, 6.07) is 42.8. The molecule has 0 aliphatic carbocycles. The summed E-state index contributed by atoms with van der Waals surface area (Å²) in [5.74, 6) is 7.38. The Bertz CT molecular complexity index is 1380. The standard InChI is InChI=1S/C46H62OS4/c1-3-4-5-15-24-44(30-33-48-35-39-18-9-6-10-19-39)50-37-42-26-28-43(29-27-42)45(25-16-17-32-47-2)46(51-38-41-22-13-8-14-23-41)31-34-49-36-40-20-11-7-12-21-40/h6-14,18-23,26-29,44-46H,3-5,15-17,24-25,30-38H2,1-2H3. The molecule has 0 fully saturated rings. The Hall–Kier alpha value is -1.76. The number of unbranched alkanes of at least 4 members (excludes halogenated alkanes) is 4. The number of rotatable bonds is 28. The Morgan fingerprint density at radius 1 is 0.490 bits per heavy atom. The van der Waals surface area contributed by atoms with Gasteiger partial charge in [0.15, 0.2) is 0 Å². The van der Waals surface area contributed by atoms with Crippen LogP contribution in [0, 0.1) is 0 Å². The van der Waals surface area contributed by atoms with E-state index in [1.54, 1.807) is 0 Å². The second-order valence-electron chi connectivity index (χ2n) is 13.6. The predicted molar refractivity (Wildman–Crippen MR) is 235 cm³/mol. The van der Waals surface area contributed by atoms with Crippen LogP contribution in [0.5, 0.6) is 0 Å². The van der Waals surface area contributed by atoms with E-state index in [-0.39, 0.29) is 0 Å². The summed E-state index contributed by atoms with van der Waals surface area (Å²) in [6.45, 7) is 3.16. The normalized spacial score (nSPS) is 13.2. The van der Waals surface area contributed by atoms with Crippen LogP contribution in [-0.4, -0.2) is 35.7 Å². The van der Waals surface area contributed by atoms with Gasteiger partial charge in [0, 0.05) is 47.2 Å². The van der Waals surface area contributed by atoms with Gasteiger partial charge in [-0.05, 0) is 77.3 Å². The molecule has 0 N–H and O–H groups in total. The molecule has 4 rings (SSSR count). The van der Waals surface area contributed by atoms with Crippen LogP contribution < -0.4 is 0 Å². The maximum atomic E-state index is 5.45. The molecule has 0 aliphatic rings. The number of thioether (sulfide) groups is 4. The second-order valence-corrected chi connectivity index (χ2v) is 18.3. The van der Waals surface area contributed by atoms with Crippen molar-refractivity contribution in [3.63, 3.8) is 0 Å². The first-order valence-electron chi connectivity index (χ1n) is 19.3. The van der Waals surface area contributed by atoms with Crippen LogP contribution in [0.3, 0.4) is 0 Å². The lowest BCUT2D eigenvalue weighted by atomic mass is 9.88. The zero-order valence-electron chi connectivity index (χ0n) is 31.3. The molecule has 4 aromatic rings. The number of benzene rings is 4. The minimum atomic E-state index is 0.544. The molecular formula is C46H62OS4. The Balaban J connectivity index is 1.38. The number of hydrogen-bond donors (Lipinski definition) is 0. The monoisotopic (exact) mass is 758 g/mol. The van der Waals surface area contributed by atoms with E-state index in [4.69, 9.17) is 4.74 Å². The summed E-state index contributed by atoms with van der Waals surface area (Å²) in [6.07, 6.45) is 12.8. The van der Waals surface area contributed by atoms with Crippen molar-refractivity contribution in [2.75, 3.05) is 25.2 Å². The van der Waals surface area contributed by atoms with Crippen LogP contribution in [0.25, 0.3) is 0 Å². The topological polar surface area (TPSA) is 9.23 Å². The lowest BCUT2D eigenvalue weighted by Crippen LogP contribution is -2.18. The van der Waals surface area contributed by atoms with Crippen molar-refractivity contribution in [2.24, 2.45) is 0 Å². The van der Waals surface area contributed by atoms with E-state index in [2.05, 4.69) is 169 Å². The van der Waals surface area contributed by atoms with Crippen molar-refractivity contribution < 1.29 is 4.74 Å². The van der Waals surface area contributed by atoms with Gasteiger partial charge in [0.1, 0.15) is 0 Å². The smallest absolute Gasteiger partial charge is 0.0462 e. The molecule has 0 saturated carbocycles. The zero-order valence-corrected chi connectivity index (χ0v) is 34.5. The average molecular weight is 759 g/mol. The zero-order chi connectivity index (χ0) is 35.6. The second kappa shape index (κ2) is 26.9. The van der Waals surface area contributed by atoms with Gasteiger partial charge in [-0.15, -0.1) is 0 Å². The highest BCUT2D eigenvalue weighted by Crippen LogP contribution is 2.38. The minimum absolute atomic E-state index is 0.544. The molecule has 0 spiro atoms. The molecule has 0 bridgehead atoms. The highest BCUT2D eigenvalue weighted by atomic mass is 32.2. The van der Waals surface area contributed by atoms with Crippen molar-refractivity contribution >= 4 is 47.0 Å². The van der Waals surface area contributed by atoms with Crippen LogP contribution in [0.15, 0.2) is 115 Å². The molecule has 276 valence electrons. The highest BCUT2D eigenvalue weighted by molar-refractivity contribution is 8.00. The van der Waals surface area contributed by atoms with Gasteiger partial charge in [0.2, 0.25) is 0 Å². The lowest BCUT2D eigenvalue weighted by Gasteiger charge is -2.28. The summed E-state index contributed by atoms with van der Waals surface area (Å²) in [5.41, 5.74) is 7.29. The average Bonchev–Trinajstić information content (AvgIpc) is 3.18. The van der Waals surface area contributed by atoms with Crippen molar-refractivity contribution in [2.45, 2.75) is 111 Å². The maximum Gasteiger partial charge on any atom is 0.0462 e. The molecule has 4 aromatic carbocycles. The molecule has 3 atom stereocenters. The number of ether oxygens (including phenoxy) is 1. The molecule has 0 aromatic heterocycles. The number of methoxy groups -OCH3 is 1. The Labute approximate surface area is 328 Å². The van der Waals surface area contributed by atoms with Crippen LogP contribution in [0.1, 0.15) is 105 Å². The van der Waals surface area contributed by atoms with E-state index >= 15 is 0 Å². The first-order valence-corrected chi connectivity index (χ1v) is 23.7. The fourth-order valence-corrected chi connectivity index (χ4v) is 11.4. The predicted octanol–water partition coefficient (Wildman–Crippen LogP) is 14.1. The Kier molecular flexibility index (Phi) is 22.2. The molecule has 3 unspecified atom stereocenters. The van der Waals surface area contributed by atoms with Crippen LogP contribution in [0.4, 0.5) is 0 Å².